The first-order chi connectivity index (χ1) is 8.86. The van der Waals surface area contributed by atoms with E-state index in [2.05, 4.69) is 12.2 Å². The van der Waals surface area contributed by atoms with Gasteiger partial charge in [-0.1, -0.05) is 19.1 Å². The normalized spacial score (nSPS) is 19.6. The minimum absolute atomic E-state index is 0.158. The standard InChI is InChI=1S/C14H22N2O2S/c1-14(8-10-15-11-9-14)12-4-6-13(7-5-12)19(17,18)16(2)3/h4-7,15H,8-11H2,1-3H3. The summed E-state index contributed by atoms with van der Waals surface area (Å²) in [6.45, 7) is 4.30. The minimum atomic E-state index is -3.32. The molecule has 1 N–H and O–H groups in total. The number of hydrogen-bond acceptors (Lipinski definition) is 3. The van der Waals surface area contributed by atoms with Gasteiger partial charge in [-0.2, -0.15) is 0 Å². The summed E-state index contributed by atoms with van der Waals surface area (Å²) in [4.78, 5) is 0.360. The van der Waals surface area contributed by atoms with Crippen LogP contribution in [0.3, 0.4) is 0 Å². The fraction of sp³-hybridized carbons (Fsp3) is 0.571. The van der Waals surface area contributed by atoms with Crippen molar-refractivity contribution in [3.8, 4) is 0 Å². The van der Waals surface area contributed by atoms with Gasteiger partial charge in [0.1, 0.15) is 0 Å². The molecule has 1 heterocycles. The van der Waals surface area contributed by atoms with Crippen molar-refractivity contribution in [1.29, 1.82) is 0 Å². The van der Waals surface area contributed by atoms with E-state index in [0.29, 0.717) is 4.90 Å². The molecule has 0 bridgehead atoms. The Labute approximate surface area is 115 Å². The van der Waals surface area contributed by atoms with Gasteiger partial charge in [0.25, 0.3) is 0 Å². The summed E-state index contributed by atoms with van der Waals surface area (Å²) in [5, 5.41) is 3.36. The fourth-order valence-electron chi connectivity index (χ4n) is 2.51. The van der Waals surface area contributed by atoms with E-state index in [4.69, 9.17) is 0 Å². The maximum atomic E-state index is 12.0. The lowest BCUT2D eigenvalue weighted by Gasteiger charge is -2.34. The van der Waals surface area contributed by atoms with Crippen molar-refractivity contribution in [2.45, 2.75) is 30.1 Å². The van der Waals surface area contributed by atoms with Gasteiger partial charge in [-0.15, -0.1) is 0 Å². The van der Waals surface area contributed by atoms with E-state index in [1.807, 2.05) is 12.1 Å². The Morgan fingerprint density at radius 3 is 2.11 bits per heavy atom. The van der Waals surface area contributed by atoms with E-state index in [1.54, 1.807) is 26.2 Å². The Hall–Kier alpha value is -0.910. The molecule has 2 rings (SSSR count). The largest absolute Gasteiger partial charge is 0.317 e. The number of nitrogens with zero attached hydrogens (tertiary/aromatic N) is 1. The van der Waals surface area contributed by atoms with Crippen LogP contribution in [-0.4, -0.2) is 39.9 Å². The molecular formula is C14H22N2O2S. The molecule has 0 atom stereocenters. The van der Waals surface area contributed by atoms with Gasteiger partial charge in [0, 0.05) is 14.1 Å². The summed E-state index contributed by atoms with van der Waals surface area (Å²) in [5.74, 6) is 0. The molecule has 0 unspecified atom stereocenters. The molecule has 19 heavy (non-hydrogen) atoms. The first-order valence-corrected chi connectivity index (χ1v) is 8.04. The lowest BCUT2D eigenvalue weighted by molar-refractivity contribution is 0.335. The van der Waals surface area contributed by atoms with Crippen molar-refractivity contribution in [1.82, 2.24) is 9.62 Å². The summed E-state index contributed by atoms with van der Waals surface area (Å²) in [6.07, 6.45) is 2.18. The lowest BCUT2D eigenvalue weighted by atomic mass is 9.75. The molecule has 5 heteroatoms. The Morgan fingerprint density at radius 1 is 1.11 bits per heavy atom. The van der Waals surface area contributed by atoms with Crippen molar-refractivity contribution in [3.63, 3.8) is 0 Å². The van der Waals surface area contributed by atoms with E-state index in [1.165, 1.54) is 9.87 Å². The second-order valence-electron chi connectivity index (χ2n) is 5.62. The van der Waals surface area contributed by atoms with Crippen LogP contribution in [-0.2, 0) is 15.4 Å². The third-order valence-corrected chi connectivity index (χ3v) is 5.87. The number of sulfonamides is 1. The van der Waals surface area contributed by atoms with E-state index in [0.717, 1.165) is 25.9 Å². The molecule has 1 fully saturated rings. The molecule has 4 nitrogen and oxygen atoms in total. The smallest absolute Gasteiger partial charge is 0.242 e. The first-order valence-electron chi connectivity index (χ1n) is 6.60. The number of piperidine rings is 1. The number of rotatable bonds is 3. The van der Waals surface area contributed by atoms with Gasteiger partial charge >= 0.3 is 0 Å². The van der Waals surface area contributed by atoms with Gasteiger partial charge in [0.05, 0.1) is 4.90 Å². The zero-order valence-corrected chi connectivity index (χ0v) is 12.6. The van der Waals surface area contributed by atoms with Crippen LogP contribution >= 0.6 is 0 Å². The van der Waals surface area contributed by atoms with E-state index in [9.17, 15) is 8.42 Å². The topological polar surface area (TPSA) is 49.4 Å². The van der Waals surface area contributed by atoms with Crippen LogP contribution in [0.25, 0.3) is 0 Å². The zero-order valence-electron chi connectivity index (χ0n) is 11.8. The average Bonchev–Trinajstić information content (AvgIpc) is 2.39. The highest BCUT2D eigenvalue weighted by Gasteiger charge is 2.29. The monoisotopic (exact) mass is 282 g/mol. The third-order valence-electron chi connectivity index (χ3n) is 4.04. The highest BCUT2D eigenvalue weighted by Crippen LogP contribution is 2.33. The molecule has 0 radical (unpaired) electrons. The number of benzene rings is 1. The maximum Gasteiger partial charge on any atom is 0.242 e. The molecular weight excluding hydrogens is 260 g/mol. The minimum Gasteiger partial charge on any atom is -0.317 e. The Bertz CT molecular complexity index is 529. The third kappa shape index (κ3) is 2.83. The molecule has 1 saturated heterocycles. The van der Waals surface area contributed by atoms with Crippen molar-refractivity contribution < 1.29 is 8.42 Å². The molecule has 1 aromatic rings. The molecule has 106 valence electrons. The fourth-order valence-corrected chi connectivity index (χ4v) is 3.41. The Morgan fingerprint density at radius 2 is 1.63 bits per heavy atom. The highest BCUT2D eigenvalue weighted by atomic mass is 32.2. The van der Waals surface area contributed by atoms with Gasteiger partial charge in [-0.25, -0.2) is 12.7 Å². The lowest BCUT2D eigenvalue weighted by Crippen LogP contribution is -2.37. The predicted octanol–water partition coefficient (Wildman–Crippen LogP) is 1.58. The van der Waals surface area contributed by atoms with Crippen molar-refractivity contribution in [2.24, 2.45) is 0 Å². The van der Waals surface area contributed by atoms with Crippen molar-refractivity contribution >= 4 is 10.0 Å². The second kappa shape index (κ2) is 5.23. The second-order valence-corrected chi connectivity index (χ2v) is 7.77. The van der Waals surface area contributed by atoms with Gasteiger partial charge in [0.15, 0.2) is 0 Å². The summed E-state index contributed by atoms with van der Waals surface area (Å²) >= 11 is 0. The Kier molecular flexibility index (Phi) is 3.99. The molecule has 0 saturated carbocycles. The van der Waals surface area contributed by atoms with Crippen molar-refractivity contribution in [3.05, 3.63) is 29.8 Å². The van der Waals surface area contributed by atoms with Crippen LogP contribution < -0.4 is 5.32 Å². The van der Waals surface area contributed by atoms with Crippen LogP contribution in [0.1, 0.15) is 25.3 Å². The number of nitrogens with one attached hydrogen (secondary N) is 1. The molecule has 1 aromatic carbocycles. The average molecular weight is 282 g/mol. The van der Waals surface area contributed by atoms with E-state index in [-0.39, 0.29) is 5.41 Å². The Balaban J connectivity index is 2.28. The van der Waals surface area contributed by atoms with Gasteiger partial charge in [-0.3, -0.25) is 0 Å². The van der Waals surface area contributed by atoms with Crippen molar-refractivity contribution in [2.75, 3.05) is 27.2 Å². The van der Waals surface area contributed by atoms with Crippen LogP contribution in [0.2, 0.25) is 0 Å². The first kappa shape index (κ1) is 14.5. The summed E-state index contributed by atoms with van der Waals surface area (Å²) in [6, 6.07) is 7.36. The maximum absolute atomic E-state index is 12.0. The summed E-state index contributed by atoms with van der Waals surface area (Å²) < 4.78 is 25.3. The van der Waals surface area contributed by atoms with Crippen LogP contribution in [0.15, 0.2) is 29.2 Å². The quantitative estimate of drug-likeness (QED) is 0.915. The van der Waals surface area contributed by atoms with E-state index >= 15 is 0 Å². The van der Waals surface area contributed by atoms with Crippen LogP contribution in [0.5, 0.6) is 0 Å². The summed E-state index contributed by atoms with van der Waals surface area (Å²) in [5.41, 5.74) is 1.39. The van der Waals surface area contributed by atoms with E-state index < -0.39 is 10.0 Å². The molecule has 0 aromatic heterocycles. The van der Waals surface area contributed by atoms with Crippen LogP contribution in [0.4, 0.5) is 0 Å². The predicted molar refractivity (Wildman–Crippen MR) is 76.8 cm³/mol. The molecule has 0 spiro atoms. The van der Waals surface area contributed by atoms with Gasteiger partial charge in [-0.05, 0) is 49.0 Å². The highest BCUT2D eigenvalue weighted by molar-refractivity contribution is 7.89. The molecule has 1 aliphatic rings. The van der Waals surface area contributed by atoms with Gasteiger partial charge in [0.2, 0.25) is 10.0 Å². The zero-order chi connectivity index (χ0) is 14.1. The summed E-state index contributed by atoms with van der Waals surface area (Å²) in [7, 11) is -0.217. The molecule has 0 amide bonds. The van der Waals surface area contributed by atoms with Crippen LogP contribution in [0, 0.1) is 0 Å². The SMILES string of the molecule is CN(C)S(=O)(=O)c1ccc(C2(C)CCNCC2)cc1. The van der Waals surface area contributed by atoms with Gasteiger partial charge < -0.3 is 5.32 Å². The number of hydrogen-bond donors (Lipinski definition) is 1. The molecule has 0 aliphatic carbocycles. The molecule has 1 aliphatic heterocycles.